The van der Waals surface area contributed by atoms with Crippen molar-refractivity contribution in [1.82, 2.24) is 15.6 Å². The Bertz CT molecular complexity index is 712. The molecule has 1 aromatic heterocycles. The Balaban J connectivity index is 1.65. The molecular weight excluding hydrogens is 331 g/mol. The number of benzene rings is 1. The van der Waals surface area contributed by atoms with E-state index in [0.717, 1.165) is 30.1 Å². The maximum atomic E-state index is 13.3. The Labute approximate surface area is 153 Å². The smallest absolute Gasteiger partial charge is 0.191 e. The highest BCUT2D eigenvalue weighted by molar-refractivity contribution is 5.79. The highest BCUT2D eigenvalue weighted by atomic mass is 19.1. The predicted octanol–water partition coefficient (Wildman–Crippen LogP) is 2.63. The standard InChI is InChI=1S/C20H25FN4O/c1-22-19(24-14-18-4-2-3-11-23-18)25-15-20(9-12-26-13-10-20)16-5-7-17(21)8-6-16/h2-8,11H,9-10,12-15H2,1H3,(H2,22,24,25). The second kappa shape index (κ2) is 8.76. The number of aromatic nitrogens is 1. The molecule has 138 valence electrons. The molecule has 0 bridgehead atoms. The SMILES string of the molecule is CN=C(NCc1ccccn1)NCC1(c2ccc(F)cc2)CCOCC1. The number of guanidine groups is 1. The van der Waals surface area contributed by atoms with E-state index in [9.17, 15) is 4.39 Å². The molecule has 1 aliphatic heterocycles. The normalized spacial score (nSPS) is 16.9. The molecule has 26 heavy (non-hydrogen) atoms. The summed E-state index contributed by atoms with van der Waals surface area (Å²) in [6, 6.07) is 12.7. The van der Waals surface area contributed by atoms with Crippen molar-refractivity contribution in [2.24, 2.45) is 4.99 Å². The summed E-state index contributed by atoms with van der Waals surface area (Å²) in [5, 5.41) is 6.71. The number of aliphatic imine (C=N–C) groups is 1. The van der Waals surface area contributed by atoms with Crippen molar-refractivity contribution in [3.8, 4) is 0 Å². The Morgan fingerprint density at radius 1 is 1.15 bits per heavy atom. The first kappa shape index (κ1) is 18.3. The fourth-order valence-electron chi connectivity index (χ4n) is 3.28. The van der Waals surface area contributed by atoms with E-state index in [2.05, 4.69) is 20.6 Å². The summed E-state index contributed by atoms with van der Waals surface area (Å²) >= 11 is 0. The van der Waals surface area contributed by atoms with Crippen LogP contribution >= 0.6 is 0 Å². The van der Waals surface area contributed by atoms with Crippen LogP contribution in [-0.2, 0) is 16.7 Å². The number of nitrogens with zero attached hydrogens (tertiary/aromatic N) is 2. The fraction of sp³-hybridized carbons (Fsp3) is 0.400. The van der Waals surface area contributed by atoms with Gasteiger partial charge in [-0.1, -0.05) is 18.2 Å². The monoisotopic (exact) mass is 356 g/mol. The van der Waals surface area contributed by atoms with Crippen LogP contribution in [0.3, 0.4) is 0 Å². The molecule has 1 fully saturated rings. The van der Waals surface area contributed by atoms with E-state index in [0.29, 0.717) is 26.3 Å². The molecular formula is C20H25FN4O. The number of pyridine rings is 1. The van der Waals surface area contributed by atoms with E-state index in [1.165, 1.54) is 12.1 Å². The van der Waals surface area contributed by atoms with Crippen LogP contribution in [-0.4, -0.2) is 37.7 Å². The number of rotatable bonds is 5. The molecule has 1 aliphatic rings. The van der Waals surface area contributed by atoms with E-state index >= 15 is 0 Å². The van der Waals surface area contributed by atoms with E-state index in [4.69, 9.17) is 4.74 Å². The molecule has 6 heteroatoms. The average molecular weight is 356 g/mol. The van der Waals surface area contributed by atoms with Crippen LogP contribution in [0, 0.1) is 5.82 Å². The summed E-state index contributed by atoms with van der Waals surface area (Å²) < 4.78 is 18.9. The third-order valence-electron chi connectivity index (χ3n) is 4.89. The average Bonchev–Trinajstić information content (AvgIpc) is 2.70. The van der Waals surface area contributed by atoms with E-state index in [-0.39, 0.29) is 11.2 Å². The molecule has 2 N–H and O–H groups in total. The second-order valence-electron chi connectivity index (χ2n) is 6.50. The van der Waals surface area contributed by atoms with Crippen molar-refractivity contribution < 1.29 is 9.13 Å². The molecule has 2 aromatic rings. The van der Waals surface area contributed by atoms with Gasteiger partial charge in [0.05, 0.1) is 12.2 Å². The minimum absolute atomic E-state index is 0.0887. The lowest BCUT2D eigenvalue weighted by Gasteiger charge is -2.38. The first-order valence-electron chi connectivity index (χ1n) is 8.90. The molecule has 1 saturated heterocycles. The minimum Gasteiger partial charge on any atom is -0.381 e. The summed E-state index contributed by atoms with van der Waals surface area (Å²) in [5.41, 5.74) is 2.00. The number of nitrogens with one attached hydrogen (secondary N) is 2. The van der Waals surface area contributed by atoms with Gasteiger partial charge in [0.25, 0.3) is 0 Å². The Kier molecular flexibility index (Phi) is 6.17. The molecule has 0 amide bonds. The quantitative estimate of drug-likeness (QED) is 0.639. The summed E-state index contributed by atoms with van der Waals surface area (Å²) in [7, 11) is 1.75. The fourth-order valence-corrected chi connectivity index (χ4v) is 3.28. The molecule has 2 heterocycles. The zero-order chi connectivity index (χ0) is 18.2. The van der Waals surface area contributed by atoms with Crippen LogP contribution in [0.15, 0.2) is 53.7 Å². The van der Waals surface area contributed by atoms with Gasteiger partial charge >= 0.3 is 0 Å². The van der Waals surface area contributed by atoms with E-state index in [1.807, 2.05) is 30.3 Å². The van der Waals surface area contributed by atoms with Gasteiger partial charge in [-0.3, -0.25) is 9.98 Å². The van der Waals surface area contributed by atoms with Crippen LogP contribution in [0.1, 0.15) is 24.1 Å². The first-order chi connectivity index (χ1) is 12.7. The van der Waals surface area contributed by atoms with Gasteiger partial charge in [-0.2, -0.15) is 0 Å². The molecule has 5 nitrogen and oxygen atoms in total. The summed E-state index contributed by atoms with van der Waals surface area (Å²) in [6.45, 7) is 2.73. The Hall–Kier alpha value is -2.47. The van der Waals surface area contributed by atoms with Crippen LogP contribution in [0.5, 0.6) is 0 Å². The van der Waals surface area contributed by atoms with Gasteiger partial charge in [-0.05, 0) is 42.7 Å². The lowest BCUT2D eigenvalue weighted by molar-refractivity contribution is 0.0513. The molecule has 0 radical (unpaired) electrons. The number of hydrogen-bond donors (Lipinski definition) is 2. The molecule has 3 rings (SSSR count). The van der Waals surface area contributed by atoms with Gasteiger partial charge in [-0.15, -0.1) is 0 Å². The third kappa shape index (κ3) is 4.58. The van der Waals surface area contributed by atoms with Crippen molar-refractivity contribution >= 4 is 5.96 Å². The van der Waals surface area contributed by atoms with Gasteiger partial charge in [0.1, 0.15) is 5.82 Å². The zero-order valence-electron chi connectivity index (χ0n) is 15.0. The first-order valence-corrected chi connectivity index (χ1v) is 8.90. The minimum atomic E-state index is -0.211. The highest BCUT2D eigenvalue weighted by Gasteiger charge is 2.34. The Morgan fingerprint density at radius 2 is 1.92 bits per heavy atom. The topological polar surface area (TPSA) is 58.5 Å². The zero-order valence-corrected chi connectivity index (χ0v) is 15.0. The third-order valence-corrected chi connectivity index (χ3v) is 4.89. The number of hydrogen-bond acceptors (Lipinski definition) is 3. The van der Waals surface area contributed by atoms with Crippen molar-refractivity contribution in [1.29, 1.82) is 0 Å². The molecule has 1 aromatic carbocycles. The van der Waals surface area contributed by atoms with Crippen molar-refractivity contribution in [2.75, 3.05) is 26.8 Å². The molecule has 0 aliphatic carbocycles. The summed E-state index contributed by atoms with van der Waals surface area (Å²) in [6.07, 6.45) is 3.56. The van der Waals surface area contributed by atoms with Crippen molar-refractivity contribution in [2.45, 2.75) is 24.8 Å². The van der Waals surface area contributed by atoms with Gasteiger partial charge in [-0.25, -0.2) is 4.39 Å². The number of ether oxygens (including phenoxy) is 1. The lowest BCUT2D eigenvalue weighted by Crippen LogP contribution is -2.48. The summed E-state index contributed by atoms with van der Waals surface area (Å²) in [4.78, 5) is 8.61. The maximum Gasteiger partial charge on any atom is 0.191 e. The van der Waals surface area contributed by atoms with Crippen LogP contribution in [0.25, 0.3) is 0 Å². The van der Waals surface area contributed by atoms with Crippen molar-refractivity contribution in [3.63, 3.8) is 0 Å². The van der Waals surface area contributed by atoms with Crippen LogP contribution < -0.4 is 10.6 Å². The van der Waals surface area contributed by atoms with E-state index < -0.39 is 0 Å². The summed E-state index contributed by atoms with van der Waals surface area (Å²) in [5.74, 6) is 0.514. The largest absolute Gasteiger partial charge is 0.381 e. The second-order valence-corrected chi connectivity index (χ2v) is 6.50. The van der Waals surface area contributed by atoms with Gasteiger partial charge in [0.2, 0.25) is 0 Å². The molecule has 0 atom stereocenters. The van der Waals surface area contributed by atoms with Crippen molar-refractivity contribution in [3.05, 3.63) is 65.7 Å². The highest BCUT2D eigenvalue weighted by Crippen LogP contribution is 2.34. The Morgan fingerprint density at radius 3 is 2.58 bits per heavy atom. The predicted molar refractivity (Wildman–Crippen MR) is 101 cm³/mol. The van der Waals surface area contributed by atoms with Crippen LogP contribution in [0.4, 0.5) is 4.39 Å². The number of halogens is 1. The molecule has 0 spiro atoms. The lowest BCUT2D eigenvalue weighted by atomic mass is 9.74. The maximum absolute atomic E-state index is 13.3. The van der Waals surface area contributed by atoms with Gasteiger partial charge < -0.3 is 15.4 Å². The molecule has 0 unspecified atom stereocenters. The van der Waals surface area contributed by atoms with Crippen LogP contribution in [0.2, 0.25) is 0 Å². The molecule has 0 saturated carbocycles. The van der Waals surface area contributed by atoms with Gasteiger partial charge in [0.15, 0.2) is 5.96 Å². The van der Waals surface area contributed by atoms with Gasteiger partial charge in [0, 0.05) is 38.4 Å². The van der Waals surface area contributed by atoms with E-state index in [1.54, 1.807) is 13.2 Å².